The molecule has 2 heterocycles. The van der Waals surface area contributed by atoms with Crippen LogP contribution in [-0.4, -0.2) is 36.5 Å². The first-order chi connectivity index (χ1) is 14.2. The number of rotatable bonds is 4. The molecular formula is C22H22N4O3S. The number of aromatic nitrogens is 4. The standard InChI is InChI=1S/C22H22N4O3S/c1-14-9-11-15(12-10-14)25-19(28)16-7-5-6-8-17(16)26-20(25)23-24-21(26)30-13-18(27)29-22(2,3)4/h5-12H,13H2,1-4H3. The highest BCUT2D eigenvalue weighted by atomic mass is 32.2. The second-order valence-corrected chi connectivity index (χ2v) is 8.93. The Morgan fingerprint density at radius 2 is 1.77 bits per heavy atom. The van der Waals surface area contributed by atoms with Gasteiger partial charge in [-0.15, -0.1) is 10.2 Å². The number of aryl methyl sites for hydroxylation is 1. The lowest BCUT2D eigenvalue weighted by atomic mass is 10.2. The van der Waals surface area contributed by atoms with Gasteiger partial charge in [0.15, 0.2) is 5.16 Å². The number of thioether (sulfide) groups is 1. The Morgan fingerprint density at radius 1 is 1.07 bits per heavy atom. The van der Waals surface area contributed by atoms with Crippen LogP contribution in [0.3, 0.4) is 0 Å². The normalized spacial score (nSPS) is 11.9. The van der Waals surface area contributed by atoms with Gasteiger partial charge < -0.3 is 4.74 Å². The summed E-state index contributed by atoms with van der Waals surface area (Å²) >= 11 is 1.23. The van der Waals surface area contributed by atoms with Crippen LogP contribution in [0.25, 0.3) is 22.4 Å². The second-order valence-electron chi connectivity index (χ2n) is 7.99. The van der Waals surface area contributed by atoms with Gasteiger partial charge in [0.1, 0.15) is 5.60 Å². The maximum atomic E-state index is 13.3. The van der Waals surface area contributed by atoms with Gasteiger partial charge in [-0.25, -0.2) is 4.57 Å². The van der Waals surface area contributed by atoms with E-state index >= 15 is 0 Å². The van der Waals surface area contributed by atoms with Gasteiger partial charge in [0.2, 0.25) is 5.78 Å². The highest BCUT2D eigenvalue weighted by molar-refractivity contribution is 7.99. The molecule has 0 fully saturated rings. The van der Waals surface area contributed by atoms with Gasteiger partial charge in [0, 0.05) is 0 Å². The predicted molar refractivity (Wildman–Crippen MR) is 117 cm³/mol. The molecule has 2 aromatic heterocycles. The van der Waals surface area contributed by atoms with Crippen molar-refractivity contribution in [2.45, 2.75) is 38.5 Å². The molecule has 0 radical (unpaired) electrons. The Hall–Kier alpha value is -3.13. The van der Waals surface area contributed by atoms with Crippen molar-refractivity contribution >= 4 is 34.4 Å². The number of fused-ring (bicyclic) bond motifs is 3. The van der Waals surface area contributed by atoms with Crippen molar-refractivity contribution in [3.8, 4) is 5.69 Å². The van der Waals surface area contributed by atoms with E-state index in [1.165, 1.54) is 11.8 Å². The zero-order chi connectivity index (χ0) is 21.5. The smallest absolute Gasteiger partial charge is 0.316 e. The third-order valence-electron chi connectivity index (χ3n) is 4.43. The second kappa shape index (κ2) is 7.60. The first-order valence-corrected chi connectivity index (χ1v) is 10.5. The molecule has 2 aromatic carbocycles. The summed E-state index contributed by atoms with van der Waals surface area (Å²) in [7, 11) is 0. The van der Waals surface area contributed by atoms with Crippen molar-refractivity contribution in [1.29, 1.82) is 0 Å². The molecule has 8 heteroatoms. The summed E-state index contributed by atoms with van der Waals surface area (Å²) in [6.07, 6.45) is 0. The van der Waals surface area contributed by atoms with Gasteiger partial charge in [-0.1, -0.05) is 41.6 Å². The molecule has 154 valence electrons. The van der Waals surface area contributed by atoms with E-state index in [0.29, 0.717) is 27.5 Å². The number of benzene rings is 2. The van der Waals surface area contributed by atoms with E-state index in [2.05, 4.69) is 10.2 Å². The molecule has 7 nitrogen and oxygen atoms in total. The Bertz CT molecular complexity index is 1300. The predicted octanol–water partition coefficient (Wildman–Crippen LogP) is 3.78. The molecular weight excluding hydrogens is 400 g/mol. The fourth-order valence-corrected chi connectivity index (χ4v) is 3.91. The van der Waals surface area contributed by atoms with Crippen LogP contribution in [0, 0.1) is 6.92 Å². The zero-order valence-electron chi connectivity index (χ0n) is 17.2. The highest BCUT2D eigenvalue weighted by Gasteiger charge is 2.20. The van der Waals surface area contributed by atoms with Crippen LogP contribution in [0.4, 0.5) is 0 Å². The Morgan fingerprint density at radius 3 is 2.47 bits per heavy atom. The number of ether oxygens (including phenoxy) is 1. The minimum atomic E-state index is -0.552. The molecule has 0 spiro atoms. The van der Waals surface area contributed by atoms with Gasteiger partial charge >= 0.3 is 5.97 Å². The summed E-state index contributed by atoms with van der Waals surface area (Å²) in [6, 6.07) is 15.0. The van der Waals surface area contributed by atoms with E-state index in [-0.39, 0.29) is 17.3 Å². The summed E-state index contributed by atoms with van der Waals surface area (Å²) in [6.45, 7) is 7.48. The third kappa shape index (κ3) is 3.82. The lowest BCUT2D eigenvalue weighted by Crippen LogP contribution is -2.25. The van der Waals surface area contributed by atoms with Crippen LogP contribution in [0.15, 0.2) is 58.5 Å². The van der Waals surface area contributed by atoms with Gasteiger partial charge in [0.05, 0.1) is 22.3 Å². The number of carbonyl (C=O) groups is 1. The van der Waals surface area contributed by atoms with E-state index in [4.69, 9.17) is 4.74 Å². The average molecular weight is 423 g/mol. The first-order valence-electron chi connectivity index (χ1n) is 9.55. The maximum Gasteiger partial charge on any atom is 0.316 e. The van der Waals surface area contributed by atoms with Crippen LogP contribution in [0.2, 0.25) is 0 Å². The highest BCUT2D eigenvalue weighted by Crippen LogP contribution is 2.24. The monoisotopic (exact) mass is 422 g/mol. The number of para-hydroxylation sites is 1. The van der Waals surface area contributed by atoms with E-state index in [9.17, 15) is 9.59 Å². The van der Waals surface area contributed by atoms with Crippen LogP contribution in [-0.2, 0) is 9.53 Å². The molecule has 30 heavy (non-hydrogen) atoms. The van der Waals surface area contributed by atoms with E-state index in [0.717, 1.165) is 5.56 Å². The van der Waals surface area contributed by atoms with Gasteiger partial charge in [-0.2, -0.15) is 0 Å². The van der Waals surface area contributed by atoms with Gasteiger partial charge in [0.25, 0.3) is 5.56 Å². The molecule has 0 saturated carbocycles. The van der Waals surface area contributed by atoms with Crippen LogP contribution in [0.1, 0.15) is 26.3 Å². The number of carbonyl (C=O) groups excluding carboxylic acids is 1. The Labute approximate surface area is 177 Å². The first kappa shape index (κ1) is 20.2. The molecule has 0 N–H and O–H groups in total. The van der Waals surface area contributed by atoms with Crippen LogP contribution in [0.5, 0.6) is 0 Å². The molecule has 0 atom stereocenters. The van der Waals surface area contributed by atoms with Crippen molar-refractivity contribution < 1.29 is 9.53 Å². The minimum absolute atomic E-state index is 0.0933. The fourth-order valence-electron chi connectivity index (χ4n) is 3.19. The van der Waals surface area contributed by atoms with Crippen molar-refractivity contribution in [2.24, 2.45) is 0 Å². The molecule has 0 amide bonds. The summed E-state index contributed by atoms with van der Waals surface area (Å²) in [5.41, 5.74) is 1.77. The average Bonchev–Trinajstić information content (AvgIpc) is 3.10. The van der Waals surface area contributed by atoms with E-state index in [1.807, 2.05) is 74.6 Å². The fraction of sp³-hybridized carbons (Fsp3) is 0.273. The summed E-state index contributed by atoms with van der Waals surface area (Å²) in [4.78, 5) is 25.4. The summed E-state index contributed by atoms with van der Waals surface area (Å²) in [5.74, 6) is 0.158. The lowest BCUT2D eigenvalue weighted by molar-refractivity contribution is -0.151. The quantitative estimate of drug-likeness (QED) is 0.368. The maximum absolute atomic E-state index is 13.3. The van der Waals surface area contributed by atoms with Crippen molar-refractivity contribution in [1.82, 2.24) is 19.2 Å². The number of esters is 1. The SMILES string of the molecule is Cc1ccc(-n2c(=O)c3ccccc3n3c(SCC(=O)OC(C)(C)C)nnc23)cc1. The van der Waals surface area contributed by atoms with E-state index in [1.54, 1.807) is 10.6 Å². The topological polar surface area (TPSA) is 78.5 Å². The lowest BCUT2D eigenvalue weighted by Gasteiger charge is -2.19. The molecule has 0 saturated heterocycles. The van der Waals surface area contributed by atoms with Crippen LogP contribution < -0.4 is 5.56 Å². The summed E-state index contributed by atoms with van der Waals surface area (Å²) in [5, 5.41) is 9.62. The number of nitrogens with zero attached hydrogens (tertiary/aromatic N) is 4. The number of hydrogen-bond donors (Lipinski definition) is 0. The van der Waals surface area contributed by atoms with Crippen LogP contribution >= 0.6 is 11.8 Å². The zero-order valence-corrected chi connectivity index (χ0v) is 18.1. The molecule has 4 rings (SSSR count). The van der Waals surface area contributed by atoms with Gasteiger partial charge in [-0.3, -0.25) is 14.0 Å². The molecule has 0 aliphatic rings. The third-order valence-corrected chi connectivity index (χ3v) is 5.33. The number of hydrogen-bond acceptors (Lipinski definition) is 6. The van der Waals surface area contributed by atoms with Crippen molar-refractivity contribution in [3.05, 3.63) is 64.4 Å². The Balaban J connectivity index is 1.86. The molecule has 0 aliphatic heterocycles. The molecule has 0 bridgehead atoms. The Kier molecular flexibility index (Phi) is 5.11. The molecule has 0 aliphatic carbocycles. The van der Waals surface area contributed by atoms with Crippen molar-refractivity contribution in [2.75, 3.05) is 5.75 Å². The molecule has 0 unspecified atom stereocenters. The van der Waals surface area contributed by atoms with Gasteiger partial charge in [-0.05, 0) is 52.0 Å². The largest absolute Gasteiger partial charge is 0.459 e. The minimum Gasteiger partial charge on any atom is -0.459 e. The van der Waals surface area contributed by atoms with Crippen molar-refractivity contribution in [3.63, 3.8) is 0 Å². The van der Waals surface area contributed by atoms with E-state index < -0.39 is 5.60 Å². The molecule has 4 aromatic rings. The summed E-state index contributed by atoms with van der Waals surface area (Å²) < 4.78 is 8.75.